The number of halogens is 1. The normalized spacial score (nSPS) is 13.3. The number of hydrogen-bond donors (Lipinski definition) is 2. The van der Waals surface area contributed by atoms with Crippen molar-refractivity contribution in [1.29, 1.82) is 0 Å². The van der Waals surface area contributed by atoms with E-state index >= 15 is 0 Å². The van der Waals surface area contributed by atoms with Crippen molar-refractivity contribution in [3.8, 4) is 0 Å². The van der Waals surface area contributed by atoms with Crippen molar-refractivity contribution >= 4 is 27.9 Å². The second kappa shape index (κ2) is 16.9. The largest absolute Gasteiger partial charge is 0.444 e. The molecule has 7 nitrogen and oxygen atoms in total. The number of aryl methyl sites for hydroxylation is 1. The Balaban J connectivity index is 2.43. The van der Waals surface area contributed by atoms with Crippen molar-refractivity contribution in [1.82, 2.24) is 5.32 Å². The van der Waals surface area contributed by atoms with Gasteiger partial charge >= 0.3 is 6.09 Å². The average Bonchev–Trinajstić information content (AvgIpc) is 2.76. The molecule has 2 amide bonds. The first-order valence-electron chi connectivity index (χ1n) is 12.2. The van der Waals surface area contributed by atoms with Crippen molar-refractivity contribution in [2.45, 2.75) is 97.0 Å². The molecule has 0 aliphatic rings. The quantitative estimate of drug-likeness (QED) is 0.206. The molecule has 1 aromatic rings. The van der Waals surface area contributed by atoms with Crippen LogP contribution in [0.2, 0.25) is 0 Å². The molecule has 1 rings (SSSR count). The number of nitrogens with one attached hydrogen (secondary N) is 1. The molecule has 1 aromatic carbocycles. The van der Waals surface area contributed by atoms with E-state index in [9.17, 15) is 9.59 Å². The van der Waals surface area contributed by atoms with Crippen molar-refractivity contribution in [3.63, 3.8) is 0 Å². The number of carbonyl (C=O) groups is 2. The molecule has 0 aliphatic carbocycles. The monoisotopic (exact) mass is 542 g/mol. The highest BCUT2D eigenvalue weighted by atomic mass is 79.9. The van der Waals surface area contributed by atoms with Gasteiger partial charge in [0.25, 0.3) is 0 Å². The summed E-state index contributed by atoms with van der Waals surface area (Å²) in [6.45, 7) is 9.30. The predicted molar refractivity (Wildman–Crippen MR) is 139 cm³/mol. The summed E-state index contributed by atoms with van der Waals surface area (Å²) in [4.78, 5) is 23.4. The van der Waals surface area contributed by atoms with Crippen LogP contribution in [-0.4, -0.2) is 48.3 Å². The third kappa shape index (κ3) is 15.3. The molecule has 0 bridgehead atoms. The molecular weight excluding hydrogens is 500 g/mol. The fraction of sp³-hybridized carbons (Fsp3) is 0.692. The standard InChI is InChI=1S/C26H43BrN2O5/c1-20(23(14-15-24(28)30)29-25(31)34-26(2,3)4)33-19-22-12-10-21(11-13-22)9-8-18-32-17-7-5-6-16-27/h10-13,20,23H,5-9,14-19H2,1-4H3,(H2,28,30)(H,29,31)/t20-,23+/m1/s1. The topological polar surface area (TPSA) is 99.9 Å². The number of primary amides is 1. The van der Waals surface area contributed by atoms with Crippen LogP contribution in [0, 0.1) is 0 Å². The van der Waals surface area contributed by atoms with Crippen LogP contribution in [-0.2, 0) is 32.0 Å². The van der Waals surface area contributed by atoms with Crippen LogP contribution >= 0.6 is 15.9 Å². The van der Waals surface area contributed by atoms with Crippen LogP contribution in [0.4, 0.5) is 4.79 Å². The summed E-state index contributed by atoms with van der Waals surface area (Å²) in [6.07, 6.45) is 5.19. The van der Waals surface area contributed by atoms with Crippen LogP contribution in [0.3, 0.4) is 0 Å². The molecule has 8 heteroatoms. The molecule has 3 N–H and O–H groups in total. The van der Waals surface area contributed by atoms with E-state index in [1.807, 2.05) is 6.92 Å². The van der Waals surface area contributed by atoms with Crippen LogP contribution in [0.1, 0.15) is 77.3 Å². The first-order chi connectivity index (χ1) is 16.1. The minimum Gasteiger partial charge on any atom is -0.444 e. The first kappa shape index (κ1) is 30.4. The van der Waals surface area contributed by atoms with E-state index in [-0.39, 0.29) is 18.6 Å². The second-order valence-corrected chi connectivity index (χ2v) is 10.3. The van der Waals surface area contributed by atoms with Gasteiger partial charge in [-0.25, -0.2) is 4.79 Å². The number of benzene rings is 1. The van der Waals surface area contributed by atoms with Gasteiger partial charge in [-0.3, -0.25) is 4.79 Å². The van der Waals surface area contributed by atoms with E-state index in [4.69, 9.17) is 19.9 Å². The van der Waals surface area contributed by atoms with E-state index in [1.165, 1.54) is 18.4 Å². The van der Waals surface area contributed by atoms with Crippen molar-refractivity contribution in [2.24, 2.45) is 5.73 Å². The molecule has 0 saturated heterocycles. The zero-order chi connectivity index (χ0) is 25.4. The zero-order valence-corrected chi connectivity index (χ0v) is 22.8. The molecule has 0 spiro atoms. The molecule has 0 radical (unpaired) electrons. The molecule has 194 valence electrons. The summed E-state index contributed by atoms with van der Waals surface area (Å²) >= 11 is 3.44. The van der Waals surface area contributed by atoms with Gasteiger partial charge in [-0.15, -0.1) is 0 Å². The Morgan fingerprint density at radius 3 is 2.29 bits per heavy atom. The third-order valence-electron chi connectivity index (χ3n) is 5.18. The Bertz CT molecular complexity index is 706. The van der Waals surface area contributed by atoms with E-state index < -0.39 is 17.6 Å². The Labute approximate surface area is 213 Å². The molecule has 0 unspecified atom stereocenters. The van der Waals surface area contributed by atoms with Crippen molar-refractivity contribution < 1.29 is 23.8 Å². The van der Waals surface area contributed by atoms with Crippen LogP contribution in [0.5, 0.6) is 0 Å². The summed E-state index contributed by atoms with van der Waals surface area (Å²) in [5.74, 6) is -0.418. The van der Waals surface area contributed by atoms with E-state index in [0.717, 1.165) is 43.4 Å². The van der Waals surface area contributed by atoms with E-state index in [1.54, 1.807) is 20.8 Å². The lowest BCUT2D eigenvalue weighted by Gasteiger charge is -2.27. The Morgan fingerprint density at radius 1 is 1.03 bits per heavy atom. The van der Waals surface area contributed by atoms with Crippen molar-refractivity contribution in [2.75, 3.05) is 18.5 Å². The van der Waals surface area contributed by atoms with Gasteiger partial charge in [0.15, 0.2) is 0 Å². The Kier molecular flexibility index (Phi) is 15.1. The number of carbonyl (C=O) groups excluding carboxylic acids is 2. The molecule has 0 fully saturated rings. The fourth-order valence-electron chi connectivity index (χ4n) is 3.28. The minimum absolute atomic E-state index is 0.156. The maximum absolute atomic E-state index is 12.2. The van der Waals surface area contributed by atoms with Crippen molar-refractivity contribution in [3.05, 3.63) is 35.4 Å². The maximum Gasteiger partial charge on any atom is 0.407 e. The molecule has 34 heavy (non-hydrogen) atoms. The van der Waals surface area contributed by atoms with Gasteiger partial charge in [-0.05, 0) is 70.9 Å². The first-order valence-corrected chi connectivity index (χ1v) is 13.3. The smallest absolute Gasteiger partial charge is 0.407 e. The van der Waals surface area contributed by atoms with Gasteiger partial charge in [0.05, 0.1) is 18.8 Å². The van der Waals surface area contributed by atoms with Gasteiger partial charge in [0.1, 0.15) is 5.60 Å². The summed E-state index contributed by atoms with van der Waals surface area (Å²) in [6, 6.07) is 7.96. The molecule has 2 atom stereocenters. The van der Waals surface area contributed by atoms with Gasteiger partial charge < -0.3 is 25.3 Å². The molecule has 0 heterocycles. The van der Waals surface area contributed by atoms with E-state index in [2.05, 4.69) is 45.5 Å². The van der Waals surface area contributed by atoms with Crippen LogP contribution in [0.25, 0.3) is 0 Å². The highest BCUT2D eigenvalue weighted by Crippen LogP contribution is 2.14. The van der Waals surface area contributed by atoms with Crippen LogP contribution < -0.4 is 11.1 Å². The SMILES string of the molecule is C[C@@H](OCc1ccc(CCCOCCCCCBr)cc1)[C@H](CCC(N)=O)NC(=O)OC(C)(C)C. The molecule has 0 aliphatic heterocycles. The number of unbranched alkanes of at least 4 members (excludes halogenated alkanes) is 2. The van der Waals surface area contributed by atoms with Gasteiger partial charge in [-0.1, -0.05) is 46.6 Å². The molecular formula is C26H43BrN2O5. The van der Waals surface area contributed by atoms with Gasteiger partial charge in [0, 0.05) is 25.0 Å². The third-order valence-corrected chi connectivity index (χ3v) is 5.74. The number of alkyl halides is 1. The number of rotatable bonds is 17. The second-order valence-electron chi connectivity index (χ2n) is 9.56. The Morgan fingerprint density at radius 2 is 1.68 bits per heavy atom. The lowest BCUT2D eigenvalue weighted by Crippen LogP contribution is -2.45. The predicted octanol–water partition coefficient (Wildman–Crippen LogP) is 5.26. The fourth-order valence-corrected chi connectivity index (χ4v) is 3.68. The number of amides is 2. The number of ether oxygens (including phenoxy) is 3. The van der Waals surface area contributed by atoms with Gasteiger partial charge in [0.2, 0.25) is 5.91 Å². The summed E-state index contributed by atoms with van der Waals surface area (Å²) in [5, 5.41) is 3.88. The van der Waals surface area contributed by atoms with Gasteiger partial charge in [-0.2, -0.15) is 0 Å². The lowest BCUT2D eigenvalue weighted by atomic mass is 10.1. The summed E-state index contributed by atoms with van der Waals surface area (Å²) < 4.78 is 17.0. The minimum atomic E-state index is -0.608. The van der Waals surface area contributed by atoms with Crippen LogP contribution in [0.15, 0.2) is 24.3 Å². The zero-order valence-electron chi connectivity index (χ0n) is 21.2. The number of nitrogens with two attached hydrogens (primary N) is 1. The number of hydrogen-bond acceptors (Lipinski definition) is 5. The van der Waals surface area contributed by atoms with E-state index in [0.29, 0.717) is 13.0 Å². The number of alkyl carbamates (subject to hydrolysis) is 1. The average molecular weight is 544 g/mol. The summed E-state index contributed by atoms with van der Waals surface area (Å²) in [5.41, 5.74) is 7.00. The highest BCUT2D eigenvalue weighted by Gasteiger charge is 2.24. The molecule has 0 saturated carbocycles. The lowest BCUT2D eigenvalue weighted by molar-refractivity contribution is -0.118. The Hall–Kier alpha value is -1.64. The highest BCUT2D eigenvalue weighted by molar-refractivity contribution is 9.09. The maximum atomic E-state index is 12.2. The summed E-state index contributed by atoms with van der Waals surface area (Å²) in [7, 11) is 0. The molecule has 0 aromatic heterocycles.